The Morgan fingerprint density at radius 1 is 1.45 bits per heavy atom. The van der Waals surface area contributed by atoms with Crippen LogP contribution in [-0.2, 0) is 6.42 Å². The summed E-state index contributed by atoms with van der Waals surface area (Å²) in [5.74, 6) is 0.819. The molecular formula is C9H8O2. The highest BCUT2D eigenvalue weighted by Crippen LogP contribution is 2.14. The molecule has 0 aromatic carbocycles. The molecule has 0 saturated heterocycles. The third-order valence-corrected chi connectivity index (χ3v) is 1.82. The van der Waals surface area contributed by atoms with E-state index in [0.29, 0.717) is 0 Å². The van der Waals surface area contributed by atoms with E-state index in [0.717, 1.165) is 24.2 Å². The first-order valence-corrected chi connectivity index (χ1v) is 3.65. The van der Waals surface area contributed by atoms with E-state index in [-0.39, 0.29) is 5.43 Å². The summed E-state index contributed by atoms with van der Waals surface area (Å²) in [4.78, 5) is 11.2. The van der Waals surface area contributed by atoms with Crippen molar-refractivity contribution in [2.75, 3.05) is 0 Å². The Morgan fingerprint density at radius 3 is 3.18 bits per heavy atom. The fourth-order valence-electron chi connectivity index (χ4n) is 1.25. The van der Waals surface area contributed by atoms with Crippen molar-refractivity contribution >= 4 is 6.08 Å². The van der Waals surface area contributed by atoms with E-state index in [4.69, 9.17) is 4.42 Å². The van der Waals surface area contributed by atoms with E-state index in [1.807, 2.05) is 12.2 Å². The third kappa shape index (κ3) is 1.00. The molecule has 1 aromatic heterocycles. The normalized spacial score (nSPS) is 14.5. The molecule has 2 heteroatoms. The third-order valence-electron chi connectivity index (χ3n) is 1.82. The van der Waals surface area contributed by atoms with Gasteiger partial charge in [-0.2, -0.15) is 0 Å². The molecule has 0 amide bonds. The summed E-state index contributed by atoms with van der Waals surface area (Å²) in [7, 11) is 0. The van der Waals surface area contributed by atoms with Crippen LogP contribution in [0.1, 0.15) is 17.7 Å². The van der Waals surface area contributed by atoms with E-state index in [2.05, 4.69) is 0 Å². The second-order valence-electron chi connectivity index (χ2n) is 2.56. The maximum atomic E-state index is 11.2. The second kappa shape index (κ2) is 2.38. The molecule has 0 radical (unpaired) electrons. The van der Waals surface area contributed by atoms with Crippen LogP contribution >= 0.6 is 0 Å². The van der Waals surface area contributed by atoms with E-state index in [1.54, 1.807) is 0 Å². The van der Waals surface area contributed by atoms with Crippen LogP contribution in [0.3, 0.4) is 0 Å². The molecule has 2 nitrogen and oxygen atoms in total. The van der Waals surface area contributed by atoms with Gasteiger partial charge in [-0.1, -0.05) is 12.2 Å². The van der Waals surface area contributed by atoms with Gasteiger partial charge in [-0.25, -0.2) is 0 Å². The van der Waals surface area contributed by atoms with Crippen LogP contribution < -0.4 is 5.43 Å². The van der Waals surface area contributed by atoms with Crippen LogP contribution in [0.4, 0.5) is 0 Å². The zero-order chi connectivity index (χ0) is 7.68. The summed E-state index contributed by atoms with van der Waals surface area (Å²) in [5.41, 5.74) is 0.779. The van der Waals surface area contributed by atoms with Crippen molar-refractivity contribution in [3.05, 3.63) is 40.0 Å². The van der Waals surface area contributed by atoms with Gasteiger partial charge in [0.05, 0.1) is 11.8 Å². The van der Waals surface area contributed by atoms with Gasteiger partial charge in [0.25, 0.3) is 0 Å². The molecule has 11 heavy (non-hydrogen) atoms. The molecule has 1 aromatic rings. The molecular weight excluding hydrogens is 140 g/mol. The molecule has 0 spiro atoms. The number of rotatable bonds is 0. The van der Waals surface area contributed by atoms with Crippen LogP contribution in [0.25, 0.3) is 6.08 Å². The SMILES string of the molecule is O=c1ccoc2c1C=CCC2. The molecule has 0 saturated carbocycles. The average Bonchev–Trinajstić information content (AvgIpc) is 2.06. The summed E-state index contributed by atoms with van der Waals surface area (Å²) >= 11 is 0. The van der Waals surface area contributed by atoms with E-state index in [9.17, 15) is 4.79 Å². The first kappa shape index (κ1) is 6.40. The number of allylic oxidation sites excluding steroid dienone is 1. The van der Waals surface area contributed by atoms with Gasteiger partial charge in [0.15, 0.2) is 5.43 Å². The highest BCUT2D eigenvalue weighted by molar-refractivity contribution is 5.52. The topological polar surface area (TPSA) is 30.2 Å². The summed E-state index contributed by atoms with van der Waals surface area (Å²) in [6, 6.07) is 1.45. The lowest BCUT2D eigenvalue weighted by Gasteiger charge is -2.05. The molecule has 56 valence electrons. The Morgan fingerprint density at radius 2 is 2.36 bits per heavy atom. The molecule has 1 heterocycles. The molecule has 0 atom stereocenters. The molecule has 1 aliphatic rings. The van der Waals surface area contributed by atoms with Crippen molar-refractivity contribution in [3.63, 3.8) is 0 Å². The molecule has 1 aliphatic carbocycles. The minimum Gasteiger partial charge on any atom is -0.468 e. The Hall–Kier alpha value is -1.31. The highest BCUT2D eigenvalue weighted by atomic mass is 16.3. The molecule has 0 bridgehead atoms. The molecule has 0 fully saturated rings. The standard InChI is InChI=1S/C9H8O2/c10-8-5-6-11-9-4-2-1-3-7(8)9/h1,3,5-6H,2,4H2. The summed E-state index contributed by atoms with van der Waals surface area (Å²) < 4.78 is 5.18. The van der Waals surface area contributed by atoms with Gasteiger partial charge in [-0.3, -0.25) is 4.79 Å². The Balaban J connectivity index is 2.70. The molecule has 0 unspecified atom stereocenters. The van der Waals surface area contributed by atoms with E-state index in [1.165, 1.54) is 12.3 Å². The van der Waals surface area contributed by atoms with Crippen molar-refractivity contribution in [1.82, 2.24) is 0 Å². The Kier molecular flexibility index (Phi) is 1.39. The Bertz CT molecular complexity index is 347. The fourth-order valence-corrected chi connectivity index (χ4v) is 1.25. The largest absolute Gasteiger partial charge is 0.468 e. The summed E-state index contributed by atoms with van der Waals surface area (Å²) in [6.07, 6.45) is 7.12. The van der Waals surface area contributed by atoms with E-state index < -0.39 is 0 Å². The Labute approximate surface area is 64.2 Å². The summed E-state index contributed by atoms with van der Waals surface area (Å²) in [6.45, 7) is 0. The molecule has 0 N–H and O–H groups in total. The van der Waals surface area contributed by atoms with Crippen molar-refractivity contribution in [2.24, 2.45) is 0 Å². The summed E-state index contributed by atoms with van der Waals surface area (Å²) in [5, 5.41) is 0. The number of aryl methyl sites for hydroxylation is 1. The van der Waals surface area contributed by atoms with Crippen molar-refractivity contribution in [1.29, 1.82) is 0 Å². The van der Waals surface area contributed by atoms with Crippen LogP contribution in [0.15, 0.2) is 27.6 Å². The second-order valence-corrected chi connectivity index (χ2v) is 2.56. The van der Waals surface area contributed by atoms with Gasteiger partial charge in [0.1, 0.15) is 5.76 Å². The quantitative estimate of drug-likeness (QED) is 0.559. The van der Waals surface area contributed by atoms with Crippen LogP contribution in [0.5, 0.6) is 0 Å². The maximum Gasteiger partial charge on any atom is 0.192 e. The van der Waals surface area contributed by atoms with Crippen molar-refractivity contribution in [3.8, 4) is 0 Å². The molecule has 2 rings (SSSR count). The predicted molar refractivity (Wildman–Crippen MR) is 42.3 cm³/mol. The molecule has 0 aliphatic heterocycles. The van der Waals surface area contributed by atoms with Crippen LogP contribution in [0.2, 0.25) is 0 Å². The highest BCUT2D eigenvalue weighted by Gasteiger charge is 2.08. The van der Waals surface area contributed by atoms with Crippen LogP contribution in [0, 0.1) is 0 Å². The van der Waals surface area contributed by atoms with Gasteiger partial charge in [-0.15, -0.1) is 0 Å². The maximum absolute atomic E-state index is 11.2. The first-order chi connectivity index (χ1) is 5.38. The monoisotopic (exact) mass is 148 g/mol. The van der Waals surface area contributed by atoms with Gasteiger partial charge >= 0.3 is 0 Å². The van der Waals surface area contributed by atoms with Gasteiger partial charge in [0.2, 0.25) is 0 Å². The zero-order valence-electron chi connectivity index (χ0n) is 6.04. The van der Waals surface area contributed by atoms with Gasteiger partial charge < -0.3 is 4.42 Å². The minimum absolute atomic E-state index is 0.0576. The van der Waals surface area contributed by atoms with Crippen molar-refractivity contribution < 1.29 is 4.42 Å². The fraction of sp³-hybridized carbons (Fsp3) is 0.222. The predicted octanol–water partition coefficient (Wildman–Crippen LogP) is 1.60. The van der Waals surface area contributed by atoms with Gasteiger partial charge in [0, 0.05) is 12.5 Å². The zero-order valence-corrected chi connectivity index (χ0v) is 6.04. The average molecular weight is 148 g/mol. The lowest BCUT2D eigenvalue weighted by atomic mass is 10.0. The van der Waals surface area contributed by atoms with E-state index >= 15 is 0 Å². The number of hydrogen-bond donors (Lipinski definition) is 0. The van der Waals surface area contributed by atoms with Crippen molar-refractivity contribution in [2.45, 2.75) is 12.8 Å². The lowest BCUT2D eigenvalue weighted by molar-refractivity contribution is 0.487. The number of fused-ring (bicyclic) bond motifs is 1. The first-order valence-electron chi connectivity index (χ1n) is 3.65. The van der Waals surface area contributed by atoms with Gasteiger partial charge in [-0.05, 0) is 6.42 Å². The smallest absolute Gasteiger partial charge is 0.192 e. The van der Waals surface area contributed by atoms with Crippen LogP contribution in [-0.4, -0.2) is 0 Å². The lowest BCUT2D eigenvalue weighted by Crippen LogP contribution is -2.08. The minimum atomic E-state index is 0.0576. The number of hydrogen-bond acceptors (Lipinski definition) is 2.